The molecule has 3 nitrogen and oxygen atoms in total. The first-order valence-corrected chi connectivity index (χ1v) is 7.91. The molecular formula is C19H18F3N3. The maximum Gasteiger partial charge on any atom is 0.333 e. The monoisotopic (exact) mass is 345 g/mol. The second-order valence-electron chi connectivity index (χ2n) is 5.86. The fourth-order valence-corrected chi connectivity index (χ4v) is 2.74. The molecule has 0 bridgehead atoms. The van der Waals surface area contributed by atoms with Gasteiger partial charge in [-0.3, -0.25) is 0 Å². The summed E-state index contributed by atoms with van der Waals surface area (Å²) in [5.74, 6) is -0.484. The number of hydrogen-bond acceptors (Lipinski definition) is 2. The summed E-state index contributed by atoms with van der Waals surface area (Å²) in [6.45, 7) is 0.818. The highest BCUT2D eigenvalue weighted by Crippen LogP contribution is 2.30. The van der Waals surface area contributed by atoms with Gasteiger partial charge in [-0.05, 0) is 37.6 Å². The first kappa shape index (κ1) is 17.1. The van der Waals surface area contributed by atoms with Gasteiger partial charge in [0.2, 0.25) is 0 Å². The predicted molar refractivity (Wildman–Crippen MR) is 92.1 cm³/mol. The predicted octanol–water partition coefficient (Wildman–Crippen LogP) is 5.57. The number of alkyl halides is 2. The number of nitrogens with zero attached hydrogens (tertiary/aromatic N) is 2. The zero-order valence-electron chi connectivity index (χ0n) is 13.9. The van der Waals surface area contributed by atoms with Crippen molar-refractivity contribution in [3.8, 4) is 11.1 Å². The normalized spacial score (nSPS) is 12.4. The van der Waals surface area contributed by atoms with Crippen molar-refractivity contribution in [2.75, 3.05) is 5.32 Å². The molecule has 1 atom stereocenters. The Hall–Kier alpha value is -2.76. The van der Waals surface area contributed by atoms with E-state index in [2.05, 4.69) is 10.4 Å². The van der Waals surface area contributed by atoms with Gasteiger partial charge in [0.15, 0.2) is 0 Å². The minimum atomic E-state index is -2.75. The standard InChI is InChI=1S/C19H18F3N3/c1-12(14-6-4-3-5-7-14)23-15-8-9-16(18(20)10-15)17-11-25(19(21)22)24-13(17)2/h3-12,19,23H,1-2H3. The molecule has 0 saturated heterocycles. The topological polar surface area (TPSA) is 29.9 Å². The van der Waals surface area contributed by atoms with Crippen LogP contribution in [-0.2, 0) is 0 Å². The second kappa shape index (κ2) is 7.01. The van der Waals surface area contributed by atoms with Crippen molar-refractivity contribution in [1.29, 1.82) is 0 Å². The largest absolute Gasteiger partial charge is 0.378 e. The SMILES string of the molecule is Cc1nn(C(F)F)cc1-c1ccc(NC(C)c2ccccc2)cc1F. The minimum absolute atomic E-state index is 0.00905. The average Bonchev–Trinajstić information content (AvgIpc) is 2.98. The van der Waals surface area contributed by atoms with Gasteiger partial charge in [0.25, 0.3) is 0 Å². The van der Waals surface area contributed by atoms with Gasteiger partial charge in [0.1, 0.15) is 5.82 Å². The second-order valence-corrected chi connectivity index (χ2v) is 5.86. The lowest BCUT2D eigenvalue weighted by Gasteiger charge is -2.16. The maximum absolute atomic E-state index is 14.5. The highest BCUT2D eigenvalue weighted by Gasteiger charge is 2.16. The molecule has 0 radical (unpaired) electrons. The van der Waals surface area contributed by atoms with Crippen LogP contribution in [0.5, 0.6) is 0 Å². The molecule has 1 N–H and O–H groups in total. The zero-order valence-corrected chi connectivity index (χ0v) is 13.9. The Morgan fingerprint density at radius 3 is 2.36 bits per heavy atom. The summed E-state index contributed by atoms with van der Waals surface area (Å²) in [5, 5.41) is 6.96. The third-order valence-corrected chi connectivity index (χ3v) is 4.06. The number of hydrogen-bond donors (Lipinski definition) is 1. The van der Waals surface area contributed by atoms with E-state index < -0.39 is 12.4 Å². The van der Waals surface area contributed by atoms with Crippen molar-refractivity contribution in [2.24, 2.45) is 0 Å². The van der Waals surface area contributed by atoms with Crippen LogP contribution in [0.2, 0.25) is 0 Å². The highest BCUT2D eigenvalue weighted by molar-refractivity contribution is 5.68. The number of halogens is 3. The van der Waals surface area contributed by atoms with Crippen LogP contribution in [0.25, 0.3) is 11.1 Å². The number of aryl methyl sites for hydroxylation is 1. The Kier molecular flexibility index (Phi) is 4.79. The molecular weight excluding hydrogens is 327 g/mol. The molecule has 2 aromatic carbocycles. The average molecular weight is 345 g/mol. The Morgan fingerprint density at radius 2 is 1.76 bits per heavy atom. The number of anilines is 1. The molecule has 0 saturated carbocycles. The van der Waals surface area contributed by atoms with Gasteiger partial charge in [-0.1, -0.05) is 30.3 Å². The summed E-state index contributed by atoms with van der Waals surface area (Å²) in [4.78, 5) is 0. The van der Waals surface area contributed by atoms with E-state index in [0.717, 1.165) is 11.8 Å². The van der Waals surface area contributed by atoms with E-state index in [9.17, 15) is 13.2 Å². The lowest BCUT2D eigenvalue weighted by Crippen LogP contribution is -2.06. The van der Waals surface area contributed by atoms with Gasteiger partial charge >= 0.3 is 6.55 Å². The van der Waals surface area contributed by atoms with Crippen LogP contribution in [0, 0.1) is 12.7 Å². The van der Waals surface area contributed by atoms with Crippen molar-refractivity contribution in [3.05, 3.63) is 71.8 Å². The third-order valence-electron chi connectivity index (χ3n) is 4.06. The van der Waals surface area contributed by atoms with E-state index in [1.54, 1.807) is 19.1 Å². The summed E-state index contributed by atoms with van der Waals surface area (Å²) in [7, 11) is 0. The Balaban J connectivity index is 1.84. The number of aromatic nitrogens is 2. The van der Waals surface area contributed by atoms with Crippen LogP contribution in [0.3, 0.4) is 0 Å². The molecule has 3 aromatic rings. The minimum Gasteiger partial charge on any atom is -0.378 e. The van der Waals surface area contributed by atoms with Gasteiger partial charge < -0.3 is 5.32 Å². The molecule has 0 aliphatic heterocycles. The Morgan fingerprint density at radius 1 is 1.04 bits per heavy atom. The summed E-state index contributed by atoms with van der Waals surface area (Å²) in [6, 6.07) is 14.5. The molecule has 6 heteroatoms. The molecule has 0 fully saturated rings. The molecule has 0 spiro atoms. The van der Waals surface area contributed by atoms with Crippen LogP contribution < -0.4 is 5.32 Å². The van der Waals surface area contributed by atoms with E-state index in [4.69, 9.17) is 0 Å². The lowest BCUT2D eigenvalue weighted by atomic mass is 10.0. The molecule has 1 heterocycles. The molecule has 0 aliphatic carbocycles. The van der Waals surface area contributed by atoms with Gasteiger partial charge in [-0.15, -0.1) is 0 Å². The van der Waals surface area contributed by atoms with Gasteiger partial charge in [-0.2, -0.15) is 13.9 Å². The smallest absolute Gasteiger partial charge is 0.333 e. The van der Waals surface area contributed by atoms with E-state index in [-0.39, 0.29) is 11.6 Å². The van der Waals surface area contributed by atoms with Crippen molar-refractivity contribution in [3.63, 3.8) is 0 Å². The van der Waals surface area contributed by atoms with E-state index >= 15 is 0 Å². The first-order chi connectivity index (χ1) is 12.0. The molecule has 3 rings (SSSR count). The van der Waals surface area contributed by atoms with Crippen LogP contribution in [-0.4, -0.2) is 9.78 Å². The molecule has 25 heavy (non-hydrogen) atoms. The van der Waals surface area contributed by atoms with E-state index in [0.29, 0.717) is 21.6 Å². The van der Waals surface area contributed by atoms with Crippen molar-refractivity contribution < 1.29 is 13.2 Å². The van der Waals surface area contributed by atoms with Crippen molar-refractivity contribution in [1.82, 2.24) is 9.78 Å². The van der Waals surface area contributed by atoms with Gasteiger partial charge in [0.05, 0.1) is 5.69 Å². The lowest BCUT2D eigenvalue weighted by molar-refractivity contribution is 0.0563. The summed E-state index contributed by atoms with van der Waals surface area (Å²) in [5.41, 5.74) is 2.68. The Labute approximate surface area is 144 Å². The van der Waals surface area contributed by atoms with Gasteiger partial charge in [-0.25, -0.2) is 9.07 Å². The molecule has 130 valence electrons. The first-order valence-electron chi connectivity index (χ1n) is 7.91. The fourth-order valence-electron chi connectivity index (χ4n) is 2.74. The highest BCUT2D eigenvalue weighted by atomic mass is 19.3. The number of rotatable bonds is 5. The maximum atomic E-state index is 14.5. The quantitative estimate of drug-likeness (QED) is 0.655. The van der Waals surface area contributed by atoms with Crippen molar-refractivity contribution >= 4 is 5.69 Å². The molecule has 1 aromatic heterocycles. The number of benzene rings is 2. The zero-order chi connectivity index (χ0) is 18.0. The Bertz CT molecular complexity index is 860. The molecule has 0 aliphatic rings. The van der Waals surface area contributed by atoms with E-state index in [1.807, 2.05) is 37.3 Å². The molecule has 1 unspecified atom stereocenters. The summed E-state index contributed by atoms with van der Waals surface area (Å²) >= 11 is 0. The summed E-state index contributed by atoms with van der Waals surface area (Å²) < 4.78 is 40.5. The van der Waals surface area contributed by atoms with Crippen LogP contribution >= 0.6 is 0 Å². The van der Waals surface area contributed by atoms with Gasteiger partial charge in [0, 0.05) is 29.1 Å². The third kappa shape index (κ3) is 3.68. The van der Waals surface area contributed by atoms with Crippen molar-refractivity contribution in [2.45, 2.75) is 26.4 Å². The fraction of sp³-hybridized carbons (Fsp3) is 0.211. The van der Waals surface area contributed by atoms with E-state index in [1.165, 1.54) is 6.07 Å². The molecule has 0 amide bonds. The number of nitrogens with one attached hydrogen (secondary N) is 1. The van der Waals surface area contributed by atoms with Crippen LogP contribution in [0.1, 0.15) is 30.8 Å². The van der Waals surface area contributed by atoms with Crippen LogP contribution in [0.4, 0.5) is 18.9 Å². The van der Waals surface area contributed by atoms with Crippen LogP contribution in [0.15, 0.2) is 54.7 Å². The summed E-state index contributed by atoms with van der Waals surface area (Å²) in [6.07, 6.45) is 1.16.